The van der Waals surface area contributed by atoms with Gasteiger partial charge in [0.15, 0.2) is 0 Å². The van der Waals surface area contributed by atoms with Gasteiger partial charge in [-0.25, -0.2) is 0 Å². The molecule has 0 aromatic heterocycles. The standard InChI is InChI=1S/C17H28N2/c1-4-16-8-6-7-11-19(16)17-10-9-15(12-14(17)3)13-18-5-2/h9-10,12,16,18H,4-8,11,13H2,1-3H3. The smallest absolute Gasteiger partial charge is 0.0398 e. The van der Waals surface area contributed by atoms with Gasteiger partial charge in [-0.15, -0.1) is 0 Å². The van der Waals surface area contributed by atoms with Crippen molar-refractivity contribution in [3.8, 4) is 0 Å². The lowest BCUT2D eigenvalue weighted by molar-refractivity contribution is 0.449. The van der Waals surface area contributed by atoms with Crippen molar-refractivity contribution in [1.29, 1.82) is 0 Å². The van der Waals surface area contributed by atoms with Crippen LogP contribution < -0.4 is 10.2 Å². The summed E-state index contributed by atoms with van der Waals surface area (Å²) in [6, 6.07) is 7.70. The number of nitrogens with one attached hydrogen (secondary N) is 1. The molecule has 1 N–H and O–H groups in total. The third-order valence-electron chi connectivity index (χ3n) is 4.25. The monoisotopic (exact) mass is 260 g/mol. The maximum atomic E-state index is 3.40. The minimum atomic E-state index is 0.743. The normalized spacial score (nSPS) is 19.7. The lowest BCUT2D eigenvalue weighted by Crippen LogP contribution is -2.39. The SMILES string of the molecule is CCNCc1ccc(N2CCCCC2CC)c(C)c1. The number of nitrogens with zero attached hydrogens (tertiary/aromatic N) is 1. The van der Waals surface area contributed by atoms with Crippen LogP contribution in [0.2, 0.25) is 0 Å². The van der Waals surface area contributed by atoms with Crippen molar-refractivity contribution in [2.24, 2.45) is 0 Å². The summed E-state index contributed by atoms with van der Waals surface area (Å²) in [4.78, 5) is 2.63. The Bertz CT molecular complexity index is 400. The Balaban J connectivity index is 2.14. The van der Waals surface area contributed by atoms with Gasteiger partial charge in [0.05, 0.1) is 0 Å². The molecule has 2 nitrogen and oxygen atoms in total. The summed E-state index contributed by atoms with van der Waals surface area (Å²) in [5.41, 5.74) is 4.27. The van der Waals surface area contributed by atoms with Crippen molar-refractivity contribution in [1.82, 2.24) is 5.32 Å². The second-order valence-corrected chi connectivity index (χ2v) is 5.65. The van der Waals surface area contributed by atoms with Gasteiger partial charge in [0.2, 0.25) is 0 Å². The molecule has 0 saturated carbocycles. The first kappa shape index (κ1) is 14.4. The van der Waals surface area contributed by atoms with Gasteiger partial charge in [0.1, 0.15) is 0 Å². The Morgan fingerprint density at radius 2 is 2.11 bits per heavy atom. The van der Waals surface area contributed by atoms with E-state index in [4.69, 9.17) is 0 Å². The Morgan fingerprint density at radius 1 is 1.26 bits per heavy atom. The molecule has 19 heavy (non-hydrogen) atoms. The minimum absolute atomic E-state index is 0.743. The van der Waals surface area contributed by atoms with Crippen LogP contribution in [0, 0.1) is 6.92 Å². The number of rotatable bonds is 5. The molecule has 1 aromatic rings. The highest BCUT2D eigenvalue weighted by molar-refractivity contribution is 5.55. The van der Waals surface area contributed by atoms with E-state index in [2.05, 4.69) is 49.2 Å². The summed E-state index contributed by atoms with van der Waals surface area (Å²) < 4.78 is 0. The third-order valence-corrected chi connectivity index (χ3v) is 4.25. The summed E-state index contributed by atoms with van der Waals surface area (Å²) in [7, 11) is 0. The number of benzene rings is 1. The average molecular weight is 260 g/mol. The number of hydrogen-bond acceptors (Lipinski definition) is 2. The number of hydrogen-bond donors (Lipinski definition) is 1. The van der Waals surface area contributed by atoms with Crippen LogP contribution >= 0.6 is 0 Å². The molecule has 1 unspecified atom stereocenters. The van der Waals surface area contributed by atoms with Crippen LogP contribution in [0.1, 0.15) is 50.7 Å². The van der Waals surface area contributed by atoms with Gasteiger partial charge in [-0.3, -0.25) is 0 Å². The first-order chi connectivity index (χ1) is 9.26. The first-order valence-corrected chi connectivity index (χ1v) is 7.83. The van der Waals surface area contributed by atoms with E-state index in [1.54, 1.807) is 0 Å². The van der Waals surface area contributed by atoms with Crippen molar-refractivity contribution < 1.29 is 0 Å². The summed E-state index contributed by atoms with van der Waals surface area (Å²) >= 11 is 0. The Kier molecular flexibility index (Phi) is 5.26. The molecule has 0 spiro atoms. The maximum Gasteiger partial charge on any atom is 0.0398 e. The van der Waals surface area contributed by atoms with E-state index in [1.165, 1.54) is 49.0 Å². The van der Waals surface area contributed by atoms with Crippen LogP contribution in [0.3, 0.4) is 0 Å². The molecule has 0 amide bonds. The molecule has 1 atom stereocenters. The molecule has 0 bridgehead atoms. The highest BCUT2D eigenvalue weighted by Crippen LogP contribution is 2.29. The molecule has 106 valence electrons. The predicted octanol–water partition coefficient (Wildman–Crippen LogP) is 3.87. The Hall–Kier alpha value is -1.02. The highest BCUT2D eigenvalue weighted by Gasteiger charge is 2.22. The molecule has 1 fully saturated rings. The lowest BCUT2D eigenvalue weighted by atomic mass is 9.97. The largest absolute Gasteiger partial charge is 0.368 e. The molecule has 1 heterocycles. The van der Waals surface area contributed by atoms with Crippen molar-refractivity contribution in [3.05, 3.63) is 29.3 Å². The molecule has 0 radical (unpaired) electrons. The van der Waals surface area contributed by atoms with Gasteiger partial charge in [0.25, 0.3) is 0 Å². The Labute approximate surface area is 118 Å². The quantitative estimate of drug-likeness (QED) is 0.864. The van der Waals surface area contributed by atoms with Crippen LogP contribution in [0.4, 0.5) is 5.69 Å². The van der Waals surface area contributed by atoms with Crippen LogP contribution in [-0.2, 0) is 6.54 Å². The van der Waals surface area contributed by atoms with Crippen molar-refractivity contribution in [2.75, 3.05) is 18.0 Å². The van der Waals surface area contributed by atoms with Crippen molar-refractivity contribution >= 4 is 5.69 Å². The second-order valence-electron chi connectivity index (χ2n) is 5.65. The zero-order valence-electron chi connectivity index (χ0n) is 12.7. The van der Waals surface area contributed by atoms with Crippen LogP contribution in [0.25, 0.3) is 0 Å². The molecular weight excluding hydrogens is 232 g/mol. The molecule has 2 heteroatoms. The summed E-state index contributed by atoms with van der Waals surface area (Å²) in [5, 5.41) is 3.40. The maximum absolute atomic E-state index is 3.40. The summed E-state index contributed by atoms with van der Waals surface area (Å²) in [5.74, 6) is 0. The molecule has 1 saturated heterocycles. The van der Waals surface area contributed by atoms with Gasteiger partial charge in [-0.05, 0) is 56.3 Å². The van der Waals surface area contributed by atoms with E-state index in [0.717, 1.165) is 19.1 Å². The van der Waals surface area contributed by atoms with Crippen LogP contribution in [-0.4, -0.2) is 19.1 Å². The molecular formula is C17H28N2. The molecule has 1 aliphatic heterocycles. The van der Waals surface area contributed by atoms with Gasteiger partial charge in [-0.1, -0.05) is 26.0 Å². The van der Waals surface area contributed by atoms with Crippen LogP contribution in [0.15, 0.2) is 18.2 Å². The number of anilines is 1. The first-order valence-electron chi connectivity index (χ1n) is 7.83. The van der Waals surface area contributed by atoms with E-state index >= 15 is 0 Å². The fraction of sp³-hybridized carbons (Fsp3) is 0.647. The number of aryl methyl sites for hydroxylation is 1. The predicted molar refractivity (Wildman–Crippen MR) is 83.8 cm³/mol. The van der Waals surface area contributed by atoms with Crippen molar-refractivity contribution in [3.63, 3.8) is 0 Å². The zero-order valence-corrected chi connectivity index (χ0v) is 12.7. The third kappa shape index (κ3) is 3.50. The van der Waals surface area contributed by atoms with Crippen LogP contribution in [0.5, 0.6) is 0 Å². The zero-order chi connectivity index (χ0) is 13.7. The molecule has 0 aliphatic carbocycles. The minimum Gasteiger partial charge on any atom is -0.368 e. The second kappa shape index (κ2) is 6.95. The molecule has 2 rings (SSSR count). The van der Waals surface area contributed by atoms with E-state index in [9.17, 15) is 0 Å². The van der Waals surface area contributed by atoms with Gasteiger partial charge >= 0.3 is 0 Å². The average Bonchev–Trinajstić information content (AvgIpc) is 2.45. The lowest BCUT2D eigenvalue weighted by Gasteiger charge is -2.38. The fourth-order valence-electron chi connectivity index (χ4n) is 3.16. The van der Waals surface area contributed by atoms with Gasteiger partial charge in [-0.2, -0.15) is 0 Å². The van der Waals surface area contributed by atoms with E-state index < -0.39 is 0 Å². The van der Waals surface area contributed by atoms with E-state index in [-0.39, 0.29) is 0 Å². The Morgan fingerprint density at radius 3 is 2.79 bits per heavy atom. The van der Waals surface area contributed by atoms with Gasteiger partial charge in [0, 0.05) is 24.8 Å². The highest BCUT2D eigenvalue weighted by atomic mass is 15.2. The van der Waals surface area contributed by atoms with E-state index in [1.807, 2.05) is 0 Å². The van der Waals surface area contributed by atoms with Crippen molar-refractivity contribution in [2.45, 2.75) is 59.0 Å². The molecule has 1 aromatic carbocycles. The number of piperidine rings is 1. The molecule has 1 aliphatic rings. The summed E-state index contributed by atoms with van der Waals surface area (Å²) in [6.07, 6.45) is 5.36. The van der Waals surface area contributed by atoms with Gasteiger partial charge < -0.3 is 10.2 Å². The summed E-state index contributed by atoms with van der Waals surface area (Å²) in [6.45, 7) is 9.97. The topological polar surface area (TPSA) is 15.3 Å². The van der Waals surface area contributed by atoms with E-state index in [0.29, 0.717) is 0 Å². The fourth-order valence-corrected chi connectivity index (χ4v) is 3.16.